The molecule has 0 saturated heterocycles. The topological polar surface area (TPSA) is 56.0 Å². The average Bonchev–Trinajstić information content (AvgIpc) is 2.77. The summed E-state index contributed by atoms with van der Waals surface area (Å²) in [6.07, 6.45) is 0.205. The van der Waals surface area contributed by atoms with Crippen LogP contribution in [0, 0.1) is 12.8 Å². The maximum absolute atomic E-state index is 11.6. The van der Waals surface area contributed by atoms with Crippen molar-refractivity contribution in [3.63, 3.8) is 0 Å². The van der Waals surface area contributed by atoms with Crippen LogP contribution in [0.2, 0.25) is 0 Å². The molecule has 0 aliphatic rings. The molecule has 0 aliphatic carbocycles. The quantitative estimate of drug-likeness (QED) is 0.829. The molecule has 0 spiro atoms. The highest BCUT2D eigenvalue weighted by molar-refractivity contribution is 5.81. The Balaban J connectivity index is 2.21. The zero-order valence-corrected chi connectivity index (χ0v) is 10.8. The number of ketones is 1. The monoisotopic (exact) mass is 244 g/mol. The lowest BCUT2D eigenvalue weighted by atomic mass is 10.1. The summed E-state index contributed by atoms with van der Waals surface area (Å²) in [4.78, 5) is 15.9. The van der Waals surface area contributed by atoms with Gasteiger partial charge in [0.25, 0.3) is 0 Å². The SMILES string of the molecule is Cc1ccccc1-c1noc(CC(=O)C(C)C)n1. The van der Waals surface area contributed by atoms with Crippen molar-refractivity contribution in [2.75, 3.05) is 0 Å². The third kappa shape index (κ3) is 2.64. The first kappa shape index (κ1) is 12.5. The minimum atomic E-state index is -0.0150. The Labute approximate surface area is 106 Å². The number of aromatic nitrogens is 2. The van der Waals surface area contributed by atoms with Crippen LogP contribution in [0.3, 0.4) is 0 Å². The number of carbonyl (C=O) groups excluding carboxylic acids is 1. The minimum Gasteiger partial charge on any atom is -0.339 e. The van der Waals surface area contributed by atoms with Gasteiger partial charge in [0.15, 0.2) is 0 Å². The highest BCUT2D eigenvalue weighted by Gasteiger charge is 2.15. The van der Waals surface area contributed by atoms with Crippen molar-refractivity contribution in [1.29, 1.82) is 0 Å². The highest BCUT2D eigenvalue weighted by atomic mass is 16.5. The van der Waals surface area contributed by atoms with Crippen LogP contribution in [0.15, 0.2) is 28.8 Å². The Morgan fingerprint density at radius 2 is 2.06 bits per heavy atom. The fourth-order valence-electron chi connectivity index (χ4n) is 1.61. The van der Waals surface area contributed by atoms with Gasteiger partial charge in [-0.15, -0.1) is 0 Å². The predicted octanol–water partition coefficient (Wildman–Crippen LogP) is 2.81. The van der Waals surface area contributed by atoms with Gasteiger partial charge < -0.3 is 4.52 Å². The van der Waals surface area contributed by atoms with Gasteiger partial charge in [-0.3, -0.25) is 4.79 Å². The number of hydrogen-bond acceptors (Lipinski definition) is 4. The van der Waals surface area contributed by atoms with E-state index in [2.05, 4.69) is 10.1 Å². The van der Waals surface area contributed by atoms with Crippen molar-refractivity contribution < 1.29 is 9.32 Å². The molecule has 2 aromatic rings. The van der Waals surface area contributed by atoms with Gasteiger partial charge in [0, 0.05) is 11.5 Å². The molecule has 4 nitrogen and oxygen atoms in total. The summed E-state index contributed by atoms with van der Waals surface area (Å²) in [6, 6.07) is 7.82. The summed E-state index contributed by atoms with van der Waals surface area (Å²) in [5.41, 5.74) is 2.02. The predicted molar refractivity (Wildman–Crippen MR) is 68.0 cm³/mol. The Bertz CT molecular complexity index is 558. The van der Waals surface area contributed by atoms with Gasteiger partial charge >= 0.3 is 0 Å². The third-order valence-electron chi connectivity index (χ3n) is 2.82. The summed E-state index contributed by atoms with van der Waals surface area (Å²) >= 11 is 0. The van der Waals surface area contributed by atoms with Gasteiger partial charge in [0.05, 0.1) is 6.42 Å². The smallest absolute Gasteiger partial charge is 0.234 e. The molecule has 0 aliphatic heterocycles. The van der Waals surface area contributed by atoms with Gasteiger partial charge in [0.1, 0.15) is 5.78 Å². The maximum atomic E-state index is 11.6. The van der Waals surface area contributed by atoms with Crippen molar-refractivity contribution in [3.8, 4) is 11.4 Å². The molecular weight excluding hydrogens is 228 g/mol. The van der Waals surface area contributed by atoms with Crippen molar-refractivity contribution in [2.45, 2.75) is 27.2 Å². The molecule has 94 valence electrons. The van der Waals surface area contributed by atoms with E-state index in [4.69, 9.17) is 4.52 Å². The van der Waals surface area contributed by atoms with Crippen LogP contribution in [-0.2, 0) is 11.2 Å². The van der Waals surface area contributed by atoms with Crippen molar-refractivity contribution in [3.05, 3.63) is 35.7 Å². The van der Waals surface area contributed by atoms with E-state index in [-0.39, 0.29) is 18.1 Å². The van der Waals surface area contributed by atoms with Crippen LogP contribution in [0.25, 0.3) is 11.4 Å². The molecule has 0 saturated carbocycles. The van der Waals surface area contributed by atoms with E-state index in [1.807, 2.05) is 45.0 Å². The lowest BCUT2D eigenvalue weighted by Gasteiger charge is -1.99. The second kappa shape index (κ2) is 5.12. The summed E-state index contributed by atoms with van der Waals surface area (Å²) in [5, 5.41) is 3.92. The molecule has 1 aromatic heterocycles. The number of Topliss-reactive ketones (excluding diaryl/α,β-unsaturated/α-hetero) is 1. The second-order valence-corrected chi connectivity index (χ2v) is 4.62. The molecule has 0 radical (unpaired) electrons. The van der Waals surface area contributed by atoms with Crippen LogP contribution < -0.4 is 0 Å². The fraction of sp³-hybridized carbons (Fsp3) is 0.357. The van der Waals surface area contributed by atoms with Gasteiger partial charge in [0.2, 0.25) is 11.7 Å². The zero-order valence-electron chi connectivity index (χ0n) is 10.8. The summed E-state index contributed by atoms with van der Waals surface area (Å²) in [5.74, 6) is 1.01. The van der Waals surface area contributed by atoms with Crippen LogP contribution in [-0.4, -0.2) is 15.9 Å². The molecule has 1 heterocycles. The number of benzene rings is 1. The normalized spacial score (nSPS) is 10.9. The first-order valence-electron chi connectivity index (χ1n) is 5.99. The summed E-state index contributed by atoms with van der Waals surface area (Å²) < 4.78 is 5.11. The van der Waals surface area contributed by atoms with Gasteiger partial charge in [-0.2, -0.15) is 4.98 Å². The van der Waals surface area contributed by atoms with Crippen LogP contribution in [0.4, 0.5) is 0 Å². The van der Waals surface area contributed by atoms with E-state index in [0.717, 1.165) is 11.1 Å². The van der Waals surface area contributed by atoms with E-state index in [0.29, 0.717) is 11.7 Å². The molecule has 2 rings (SSSR count). The number of nitrogens with zero attached hydrogens (tertiary/aromatic N) is 2. The number of hydrogen-bond donors (Lipinski definition) is 0. The Morgan fingerprint density at radius 1 is 1.33 bits per heavy atom. The van der Waals surface area contributed by atoms with Crippen molar-refractivity contribution in [2.24, 2.45) is 5.92 Å². The van der Waals surface area contributed by atoms with Crippen molar-refractivity contribution >= 4 is 5.78 Å². The number of aryl methyl sites for hydroxylation is 1. The van der Waals surface area contributed by atoms with Gasteiger partial charge in [-0.25, -0.2) is 0 Å². The van der Waals surface area contributed by atoms with E-state index >= 15 is 0 Å². The number of rotatable bonds is 4. The first-order valence-corrected chi connectivity index (χ1v) is 5.99. The first-order chi connectivity index (χ1) is 8.58. The second-order valence-electron chi connectivity index (χ2n) is 4.62. The van der Waals surface area contributed by atoms with E-state index < -0.39 is 0 Å². The van der Waals surface area contributed by atoms with Crippen molar-refractivity contribution in [1.82, 2.24) is 10.1 Å². The molecular formula is C14H16N2O2. The molecule has 4 heteroatoms. The molecule has 0 fully saturated rings. The Kier molecular flexibility index (Phi) is 3.55. The van der Waals surface area contributed by atoms with E-state index in [1.165, 1.54) is 0 Å². The van der Waals surface area contributed by atoms with E-state index in [9.17, 15) is 4.79 Å². The molecule has 18 heavy (non-hydrogen) atoms. The fourth-order valence-corrected chi connectivity index (χ4v) is 1.61. The standard InChI is InChI=1S/C14H16N2O2/c1-9(2)12(17)8-13-15-14(16-18-13)11-7-5-4-6-10(11)3/h4-7,9H,8H2,1-3H3. The van der Waals surface area contributed by atoms with Gasteiger partial charge in [-0.1, -0.05) is 43.3 Å². The lowest BCUT2D eigenvalue weighted by molar-refractivity contribution is -0.121. The molecule has 0 atom stereocenters. The molecule has 0 unspecified atom stereocenters. The van der Waals surface area contributed by atoms with Crippen LogP contribution in [0.1, 0.15) is 25.3 Å². The Hall–Kier alpha value is -1.97. The van der Waals surface area contributed by atoms with Gasteiger partial charge in [-0.05, 0) is 12.5 Å². The number of carbonyl (C=O) groups is 1. The third-order valence-corrected chi connectivity index (χ3v) is 2.82. The highest BCUT2D eigenvalue weighted by Crippen LogP contribution is 2.20. The molecule has 0 bridgehead atoms. The van der Waals surface area contributed by atoms with E-state index in [1.54, 1.807) is 0 Å². The summed E-state index contributed by atoms with van der Waals surface area (Å²) in [6.45, 7) is 5.71. The molecule has 0 amide bonds. The molecule has 1 aromatic carbocycles. The Morgan fingerprint density at radius 3 is 2.72 bits per heavy atom. The largest absolute Gasteiger partial charge is 0.339 e. The van der Waals surface area contributed by atoms with Crippen LogP contribution in [0.5, 0.6) is 0 Å². The summed E-state index contributed by atoms with van der Waals surface area (Å²) in [7, 11) is 0. The minimum absolute atomic E-state index is 0.0150. The zero-order chi connectivity index (χ0) is 13.1. The lowest BCUT2D eigenvalue weighted by Crippen LogP contribution is -2.10. The molecule has 0 N–H and O–H groups in total. The van der Waals surface area contributed by atoms with Crippen LogP contribution >= 0.6 is 0 Å². The maximum Gasteiger partial charge on any atom is 0.234 e. The average molecular weight is 244 g/mol.